The van der Waals surface area contributed by atoms with Crippen molar-refractivity contribution in [3.63, 3.8) is 0 Å². The van der Waals surface area contributed by atoms with Gasteiger partial charge in [0.25, 0.3) is 0 Å². The molecular weight excluding hydrogens is 254 g/mol. The minimum absolute atomic E-state index is 0.211. The summed E-state index contributed by atoms with van der Waals surface area (Å²) in [5, 5.41) is 14.5. The summed E-state index contributed by atoms with van der Waals surface area (Å²) >= 11 is 2.07. The molecule has 3 unspecified atom stereocenters. The second-order valence-corrected chi connectivity index (χ2v) is 7.00. The zero-order valence-corrected chi connectivity index (χ0v) is 13.0. The smallest absolute Gasteiger partial charge is 0.120 e. The summed E-state index contributed by atoms with van der Waals surface area (Å²) in [7, 11) is 0. The first-order chi connectivity index (χ1) is 9.11. The molecule has 19 heavy (non-hydrogen) atoms. The number of hydrogen-bond acceptors (Lipinski definition) is 3. The van der Waals surface area contributed by atoms with Gasteiger partial charge in [-0.1, -0.05) is 31.0 Å². The first-order valence-electron chi connectivity index (χ1n) is 7.29. The number of thioether (sulfide) groups is 1. The highest BCUT2D eigenvalue weighted by Crippen LogP contribution is 2.33. The van der Waals surface area contributed by atoms with E-state index < -0.39 is 0 Å². The number of aryl methyl sites for hydroxylation is 1. The lowest BCUT2D eigenvalue weighted by Gasteiger charge is -2.25. The summed E-state index contributed by atoms with van der Waals surface area (Å²) in [6.45, 7) is 6.46. The van der Waals surface area contributed by atoms with E-state index in [0.717, 1.165) is 10.8 Å². The predicted octanol–water partition coefficient (Wildman–Crippen LogP) is 4.03. The normalized spacial score (nSPS) is 24.6. The number of rotatable bonds is 5. The van der Waals surface area contributed by atoms with Crippen LogP contribution in [0.3, 0.4) is 0 Å². The van der Waals surface area contributed by atoms with Crippen LogP contribution in [0.2, 0.25) is 0 Å². The van der Waals surface area contributed by atoms with Crippen molar-refractivity contribution in [1.82, 2.24) is 5.32 Å². The van der Waals surface area contributed by atoms with Crippen LogP contribution < -0.4 is 5.32 Å². The first-order valence-corrected chi connectivity index (χ1v) is 8.34. The van der Waals surface area contributed by atoms with Gasteiger partial charge in [0.05, 0.1) is 0 Å². The van der Waals surface area contributed by atoms with Crippen molar-refractivity contribution in [2.24, 2.45) is 0 Å². The monoisotopic (exact) mass is 279 g/mol. The van der Waals surface area contributed by atoms with Crippen LogP contribution in [0.1, 0.15) is 50.3 Å². The molecule has 2 N–H and O–H groups in total. The van der Waals surface area contributed by atoms with Gasteiger partial charge in [0, 0.05) is 22.9 Å². The number of phenolic OH excluding ortho intramolecular Hbond substituents is 1. The fourth-order valence-corrected chi connectivity index (χ4v) is 4.17. The third kappa shape index (κ3) is 3.67. The molecule has 0 bridgehead atoms. The Hall–Kier alpha value is -0.670. The quantitative estimate of drug-likeness (QED) is 0.853. The van der Waals surface area contributed by atoms with Crippen molar-refractivity contribution >= 4 is 11.8 Å². The zero-order chi connectivity index (χ0) is 13.8. The molecule has 0 heterocycles. The molecule has 2 rings (SSSR count). The van der Waals surface area contributed by atoms with Gasteiger partial charge in [0.15, 0.2) is 0 Å². The fourth-order valence-electron chi connectivity index (χ4n) is 2.96. The highest BCUT2D eigenvalue weighted by Gasteiger charge is 2.28. The standard InChI is InChI=1S/C16H25NOS/c1-4-19-16-7-5-6-14(16)17-12(3)13-10-11(2)8-9-15(13)18/h8-10,12,14,16-18H,4-7H2,1-3H3. The second-order valence-electron chi connectivity index (χ2n) is 5.48. The molecule has 1 aliphatic carbocycles. The van der Waals surface area contributed by atoms with Gasteiger partial charge in [-0.05, 0) is 38.5 Å². The average Bonchev–Trinajstić information content (AvgIpc) is 2.80. The summed E-state index contributed by atoms with van der Waals surface area (Å²) in [6.07, 6.45) is 3.90. The molecule has 1 saturated carbocycles. The van der Waals surface area contributed by atoms with E-state index in [-0.39, 0.29) is 6.04 Å². The molecule has 0 saturated heterocycles. The number of hydrogen-bond donors (Lipinski definition) is 2. The molecule has 0 aromatic heterocycles. The van der Waals surface area contributed by atoms with Crippen LogP contribution in [0, 0.1) is 6.92 Å². The molecule has 106 valence electrons. The third-order valence-corrected chi connectivity index (χ3v) is 5.27. The Morgan fingerprint density at radius 3 is 2.95 bits per heavy atom. The molecular formula is C16H25NOS. The lowest BCUT2D eigenvalue weighted by Crippen LogP contribution is -2.36. The molecule has 1 aromatic rings. The van der Waals surface area contributed by atoms with E-state index in [1.807, 2.05) is 6.07 Å². The lowest BCUT2D eigenvalue weighted by atomic mass is 10.0. The van der Waals surface area contributed by atoms with Crippen LogP contribution >= 0.6 is 11.8 Å². The Labute approximate surface area is 121 Å². The second kappa shape index (κ2) is 6.67. The van der Waals surface area contributed by atoms with Gasteiger partial charge in [-0.3, -0.25) is 0 Å². The molecule has 0 aliphatic heterocycles. The maximum absolute atomic E-state index is 10.0. The van der Waals surface area contributed by atoms with Crippen LogP contribution in [0.15, 0.2) is 18.2 Å². The number of benzene rings is 1. The summed E-state index contributed by atoms with van der Waals surface area (Å²) in [5.74, 6) is 1.59. The van der Waals surface area contributed by atoms with Crippen molar-refractivity contribution in [3.05, 3.63) is 29.3 Å². The first kappa shape index (κ1) is 14.7. The number of aromatic hydroxyl groups is 1. The van der Waals surface area contributed by atoms with Crippen molar-refractivity contribution in [2.45, 2.75) is 57.4 Å². The van der Waals surface area contributed by atoms with Gasteiger partial charge >= 0.3 is 0 Å². The molecule has 1 fully saturated rings. The van der Waals surface area contributed by atoms with Crippen molar-refractivity contribution < 1.29 is 5.11 Å². The SMILES string of the molecule is CCSC1CCCC1NC(C)c1cc(C)ccc1O. The predicted molar refractivity (Wildman–Crippen MR) is 84.0 cm³/mol. The Morgan fingerprint density at radius 1 is 1.42 bits per heavy atom. The molecule has 1 aromatic carbocycles. The van der Waals surface area contributed by atoms with Gasteiger partial charge < -0.3 is 10.4 Å². The highest BCUT2D eigenvalue weighted by atomic mass is 32.2. The van der Waals surface area contributed by atoms with E-state index >= 15 is 0 Å². The Kier molecular flexibility index (Phi) is 5.17. The van der Waals surface area contributed by atoms with Crippen molar-refractivity contribution in [1.29, 1.82) is 0 Å². The van der Waals surface area contributed by atoms with Crippen LogP contribution in [-0.4, -0.2) is 22.2 Å². The Balaban J connectivity index is 2.03. The van der Waals surface area contributed by atoms with Crippen LogP contribution in [0.4, 0.5) is 0 Å². The zero-order valence-electron chi connectivity index (χ0n) is 12.1. The van der Waals surface area contributed by atoms with E-state index in [2.05, 4.69) is 43.9 Å². The summed E-state index contributed by atoms with van der Waals surface area (Å²) in [6, 6.07) is 6.64. The molecule has 2 nitrogen and oxygen atoms in total. The summed E-state index contributed by atoms with van der Waals surface area (Å²) in [4.78, 5) is 0. The average molecular weight is 279 g/mol. The Morgan fingerprint density at radius 2 is 2.21 bits per heavy atom. The van der Waals surface area contributed by atoms with E-state index in [4.69, 9.17) is 0 Å². The number of phenols is 1. The van der Waals surface area contributed by atoms with E-state index in [9.17, 15) is 5.11 Å². The number of nitrogens with one attached hydrogen (secondary N) is 1. The highest BCUT2D eigenvalue weighted by molar-refractivity contribution is 7.99. The maximum atomic E-state index is 10.0. The van der Waals surface area contributed by atoms with Crippen LogP contribution in [0.5, 0.6) is 5.75 Å². The summed E-state index contributed by atoms with van der Waals surface area (Å²) in [5.41, 5.74) is 2.22. The third-order valence-electron chi connectivity index (χ3n) is 3.95. The van der Waals surface area contributed by atoms with Gasteiger partial charge in [0.1, 0.15) is 5.75 Å². The summed E-state index contributed by atoms with van der Waals surface area (Å²) < 4.78 is 0. The molecule has 3 atom stereocenters. The van der Waals surface area contributed by atoms with Crippen molar-refractivity contribution in [2.75, 3.05) is 5.75 Å². The molecule has 0 spiro atoms. The minimum atomic E-state index is 0.211. The van der Waals surface area contributed by atoms with Gasteiger partial charge in [-0.25, -0.2) is 0 Å². The molecule has 0 radical (unpaired) electrons. The van der Waals surface area contributed by atoms with Gasteiger partial charge in [0.2, 0.25) is 0 Å². The van der Waals surface area contributed by atoms with E-state index in [0.29, 0.717) is 11.8 Å². The molecule has 3 heteroatoms. The van der Waals surface area contributed by atoms with Crippen molar-refractivity contribution in [3.8, 4) is 5.75 Å². The molecule has 1 aliphatic rings. The van der Waals surface area contributed by atoms with Crippen LogP contribution in [-0.2, 0) is 0 Å². The Bertz CT molecular complexity index is 421. The van der Waals surface area contributed by atoms with Gasteiger partial charge in [-0.15, -0.1) is 0 Å². The van der Waals surface area contributed by atoms with E-state index in [1.54, 1.807) is 6.07 Å². The topological polar surface area (TPSA) is 32.3 Å². The van der Waals surface area contributed by atoms with E-state index in [1.165, 1.54) is 30.6 Å². The van der Waals surface area contributed by atoms with Crippen LogP contribution in [0.25, 0.3) is 0 Å². The minimum Gasteiger partial charge on any atom is -0.508 e. The molecule has 0 amide bonds. The largest absolute Gasteiger partial charge is 0.508 e. The lowest BCUT2D eigenvalue weighted by molar-refractivity contribution is 0.429. The fraction of sp³-hybridized carbons (Fsp3) is 0.625. The maximum Gasteiger partial charge on any atom is 0.120 e. The van der Waals surface area contributed by atoms with Gasteiger partial charge in [-0.2, -0.15) is 11.8 Å².